The zero-order chi connectivity index (χ0) is 12.1. The average Bonchev–Trinajstić information content (AvgIpc) is 2.23. The lowest BCUT2D eigenvalue weighted by molar-refractivity contribution is -0.142. The number of rotatable bonds is 4. The molecule has 0 saturated heterocycles. The van der Waals surface area contributed by atoms with Gasteiger partial charge >= 0.3 is 5.97 Å². The fourth-order valence-corrected chi connectivity index (χ4v) is 1.14. The van der Waals surface area contributed by atoms with Gasteiger partial charge in [0.1, 0.15) is 11.9 Å². The third-order valence-electron chi connectivity index (χ3n) is 1.91. The molecule has 1 atom stereocenters. The van der Waals surface area contributed by atoms with Gasteiger partial charge in [0, 0.05) is 6.07 Å². The Balaban J connectivity index is 2.59. The first-order valence-electron chi connectivity index (χ1n) is 4.71. The largest absolute Gasteiger partial charge is 0.490 e. The lowest BCUT2D eigenvalue weighted by atomic mass is 10.2. The van der Waals surface area contributed by atoms with Crippen molar-refractivity contribution in [3.8, 4) is 5.75 Å². The molecule has 1 aromatic rings. The first kappa shape index (κ1) is 12.4. The Kier molecular flexibility index (Phi) is 4.22. The van der Waals surface area contributed by atoms with Crippen molar-refractivity contribution < 1.29 is 23.0 Å². The summed E-state index contributed by atoms with van der Waals surface area (Å²) in [5.41, 5.74) is 0. The van der Waals surface area contributed by atoms with E-state index in [4.69, 9.17) is 4.74 Å². The Bertz CT molecular complexity index is 379. The highest BCUT2D eigenvalue weighted by atomic mass is 19.2. The summed E-state index contributed by atoms with van der Waals surface area (Å²) < 4.78 is 35.1. The third kappa shape index (κ3) is 3.49. The van der Waals surface area contributed by atoms with Crippen molar-refractivity contribution in [3.63, 3.8) is 0 Å². The molecule has 0 fully saturated rings. The molecule has 0 aliphatic heterocycles. The Morgan fingerprint density at radius 3 is 2.62 bits per heavy atom. The van der Waals surface area contributed by atoms with Crippen LogP contribution in [0.1, 0.15) is 13.3 Å². The van der Waals surface area contributed by atoms with E-state index in [1.54, 1.807) is 6.92 Å². The van der Waals surface area contributed by atoms with Crippen LogP contribution in [0.15, 0.2) is 18.2 Å². The second-order valence-corrected chi connectivity index (χ2v) is 3.28. The van der Waals surface area contributed by atoms with E-state index in [0.29, 0.717) is 0 Å². The van der Waals surface area contributed by atoms with E-state index in [9.17, 15) is 13.6 Å². The van der Waals surface area contributed by atoms with E-state index in [1.165, 1.54) is 13.2 Å². The second kappa shape index (κ2) is 5.44. The minimum Gasteiger partial charge on any atom is -0.490 e. The van der Waals surface area contributed by atoms with Crippen LogP contribution in [-0.2, 0) is 9.53 Å². The molecule has 5 heteroatoms. The van der Waals surface area contributed by atoms with Crippen LogP contribution >= 0.6 is 0 Å². The minimum absolute atomic E-state index is 0.0511. The summed E-state index contributed by atoms with van der Waals surface area (Å²) in [5, 5.41) is 0. The number of esters is 1. The maximum absolute atomic E-state index is 12.8. The van der Waals surface area contributed by atoms with Gasteiger partial charge in [0.25, 0.3) is 0 Å². The van der Waals surface area contributed by atoms with E-state index < -0.39 is 23.7 Å². The molecule has 0 aliphatic rings. The van der Waals surface area contributed by atoms with Gasteiger partial charge in [-0.05, 0) is 19.1 Å². The van der Waals surface area contributed by atoms with Crippen molar-refractivity contribution in [2.75, 3.05) is 7.11 Å². The zero-order valence-corrected chi connectivity index (χ0v) is 9.00. The van der Waals surface area contributed by atoms with Crippen molar-refractivity contribution in [1.82, 2.24) is 0 Å². The van der Waals surface area contributed by atoms with Gasteiger partial charge in [-0.1, -0.05) is 0 Å². The number of carbonyl (C=O) groups excluding carboxylic acids is 1. The van der Waals surface area contributed by atoms with Gasteiger partial charge in [0.15, 0.2) is 11.6 Å². The van der Waals surface area contributed by atoms with Crippen molar-refractivity contribution in [2.24, 2.45) is 0 Å². The van der Waals surface area contributed by atoms with Crippen molar-refractivity contribution in [1.29, 1.82) is 0 Å². The normalized spacial score (nSPS) is 12.0. The number of hydrogen-bond donors (Lipinski definition) is 0. The van der Waals surface area contributed by atoms with Crippen molar-refractivity contribution >= 4 is 5.97 Å². The van der Waals surface area contributed by atoms with E-state index in [1.807, 2.05) is 0 Å². The Morgan fingerprint density at radius 1 is 1.38 bits per heavy atom. The summed E-state index contributed by atoms with van der Waals surface area (Å²) in [7, 11) is 1.27. The van der Waals surface area contributed by atoms with Gasteiger partial charge in [-0.25, -0.2) is 8.78 Å². The summed E-state index contributed by atoms with van der Waals surface area (Å²) >= 11 is 0. The predicted octanol–water partition coefficient (Wildman–Crippen LogP) is 2.30. The maximum atomic E-state index is 12.8. The number of benzene rings is 1. The van der Waals surface area contributed by atoms with Gasteiger partial charge in [0.05, 0.1) is 13.5 Å². The van der Waals surface area contributed by atoms with Gasteiger partial charge < -0.3 is 9.47 Å². The SMILES string of the molecule is COC(=O)CC(C)Oc1ccc(F)c(F)c1. The number of carbonyl (C=O) groups is 1. The highest BCUT2D eigenvalue weighted by Crippen LogP contribution is 2.17. The summed E-state index contributed by atoms with van der Waals surface area (Å²) in [4.78, 5) is 10.9. The molecule has 0 spiro atoms. The maximum Gasteiger partial charge on any atom is 0.309 e. The predicted molar refractivity (Wildman–Crippen MR) is 53.1 cm³/mol. The van der Waals surface area contributed by atoms with E-state index >= 15 is 0 Å². The molecule has 0 aliphatic carbocycles. The van der Waals surface area contributed by atoms with E-state index in [2.05, 4.69) is 4.74 Å². The zero-order valence-electron chi connectivity index (χ0n) is 9.00. The van der Waals surface area contributed by atoms with Crippen LogP contribution in [0.4, 0.5) is 8.78 Å². The monoisotopic (exact) mass is 230 g/mol. The van der Waals surface area contributed by atoms with Crippen molar-refractivity contribution in [3.05, 3.63) is 29.8 Å². The first-order valence-corrected chi connectivity index (χ1v) is 4.71. The van der Waals surface area contributed by atoms with Crippen LogP contribution in [0.25, 0.3) is 0 Å². The smallest absolute Gasteiger partial charge is 0.309 e. The highest BCUT2D eigenvalue weighted by Gasteiger charge is 2.11. The highest BCUT2D eigenvalue weighted by molar-refractivity contribution is 5.69. The van der Waals surface area contributed by atoms with Crippen LogP contribution in [0, 0.1) is 11.6 Å². The molecular formula is C11H12F2O3. The lowest BCUT2D eigenvalue weighted by Crippen LogP contribution is -2.18. The molecule has 1 unspecified atom stereocenters. The Labute approximate surface area is 92.0 Å². The summed E-state index contributed by atoms with van der Waals surface area (Å²) in [6.45, 7) is 1.64. The van der Waals surface area contributed by atoms with Gasteiger partial charge in [-0.15, -0.1) is 0 Å². The molecule has 3 nitrogen and oxygen atoms in total. The standard InChI is InChI=1S/C11H12F2O3/c1-7(5-11(14)15-2)16-8-3-4-9(12)10(13)6-8/h3-4,6-7H,5H2,1-2H3. The summed E-state index contributed by atoms with van der Waals surface area (Å²) in [6, 6.07) is 3.20. The van der Waals surface area contributed by atoms with Crippen LogP contribution in [-0.4, -0.2) is 19.2 Å². The molecule has 0 N–H and O–H groups in total. The van der Waals surface area contributed by atoms with Crippen LogP contribution in [0.3, 0.4) is 0 Å². The van der Waals surface area contributed by atoms with Crippen LogP contribution in [0.2, 0.25) is 0 Å². The molecule has 0 bridgehead atoms. The number of methoxy groups -OCH3 is 1. The molecule has 0 amide bonds. The third-order valence-corrected chi connectivity index (χ3v) is 1.91. The number of halogens is 2. The molecule has 16 heavy (non-hydrogen) atoms. The second-order valence-electron chi connectivity index (χ2n) is 3.28. The number of ether oxygens (including phenoxy) is 2. The van der Waals surface area contributed by atoms with Gasteiger partial charge in [-0.2, -0.15) is 0 Å². The lowest BCUT2D eigenvalue weighted by Gasteiger charge is -2.13. The molecule has 0 heterocycles. The Morgan fingerprint density at radius 2 is 2.06 bits per heavy atom. The average molecular weight is 230 g/mol. The Hall–Kier alpha value is -1.65. The fourth-order valence-electron chi connectivity index (χ4n) is 1.14. The topological polar surface area (TPSA) is 35.5 Å². The fraction of sp³-hybridized carbons (Fsp3) is 0.364. The van der Waals surface area contributed by atoms with E-state index in [-0.39, 0.29) is 12.2 Å². The van der Waals surface area contributed by atoms with Crippen LogP contribution in [0.5, 0.6) is 5.75 Å². The van der Waals surface area contributed by atoms with Crippen molar-refractivity contribution in [2.45, 2.75) is 19.4 Å². The van der Waals surface area contributed by atoms with Gasteiger partial charge in [-0.3, -0.25) is 4.79 Å². The molecule has 88 valence electrons. The van der Waals surface area contributed by atoms with Gasteiger partial charge in [0.2, 0.25) is 0 Å². The molecule has 0 aromatic heterocycles. The number of hydrogen-bond acceptors (Lipinski definition) is 3. The van der Waals surface area contributed by atoms with E-state index in [0.717, 1.165) is 12.1 Å². The molecule has 0 radical (unpaired) electrons. The quantitative estimate of drug-likeness (QED) is 0.744. The van der Waals surface area contributed by atoms with Crippen LogP contribution < -0.4 is 4.74 Å². The molecular weight excluding hydrogens is 218 g/mol. The summed E-state index contributed by atoms with van der Waals surface area (Å²) in [6.07, 6.45) is -0.410. The summed E-state index contributed by atoms with van der Waals surface area (Å²) in [5.74, 6) is -2.17. The molecule has 1 rings (SSSR count). The first-order chi connectivity index (χ1) is 7.52. The minimum atomic E-state index is -0.984. The molecule has 0 saturated carbocycles. The molecule has 1 aromatic carbocycles.